The van der Waals surface area contributed by atoms with E-state index >= 15 is 0 Å². The second kappa shape index (κ2) is 6.45. The number of Topliss-reactive ketones (excluding diaryl/α,β-unsaturated/α-hetero) is 1. The maximum Gasteiger partial charge on any atom is 0.204 e. The van der Waals surface area contributed by atoms with E-state index in [1.807, 2.05) is 0 Å². The average Bonchev–Trinajstić information content (AvgIpc) is 2.34. The van der Waals surface area contributed by atoms with Gasteiger partial charge in [0.25, 0.3) is 0 Å². The number of hydrogen-bond donors (Lipinski definition) is 1. The maximum atomic E-state index is 11.9. The smallest absolute Gasteiger partial charge is 0.204 e. The van der Waals surface area contributed by atoms with Crippen molar-refractivity contribution in [3.8, 4) is 6.07 Å². The van der Waals surface area contributed by atoms with Crippen LogP contribution in [-0.2, 0) is 4.79 Å². The van der Waals surface area contributed by atoms with Crippen LogP contribution in [0.2, 0.25) is 15.1 Å². The molecular weight excluding hydrogens is 321 g/mol. The molecular formula is C13H12Cl3N3O. The number of anilines is 1. The van der Waals surface area contributed by atoms with E-state index in [4.69, 9.17) is 40.1 Å². The van der Waals surface area contributed by atoms with Crippen LogP contribution in [0.3, 0.4) is 0 Å². The molecule has 7 heteroatoms. The molecule has 0 aliphatic rings. The van der Waals surface area contributed by atoms with Crippen LogP contribution in [0.4, 0.5) is 5.69 Å². The van der Waals surface area contributed by atoms with E-state index < -0.39 is 5.41 Å². The Bertz CT molecular complexity index is 613. The number of carbonyl (C=O) groups is 1. The standard InChI is InChI=1S/C13H12Cl3N3O/c1-13(2,3)12(20)11(6-17)19-18-10-5-8(15)7(14)4-9(10)16/h4-5,18H,1-3H3. The summed E-state index contributed by atoms with van der Waals surface area (Å²) in [6.45, 7) is 5.11. The third-order valence-corrected chi connectivity index (χ3v) is 3.34. The number of ketones is 1. The number of nitriles is 1. The van der Waals surface area contributed by atoms with Gasteiger partial charge in [0.05, 0.1) is 20.8 Å². The third kappa shape index (κ3) is 4.11. The van der Waals surface area contributed by atoms with Gasteiger partial charge >= 0.3 is 0 Å². The molecule has 0 atom stereocenters. The minimum atomic E-state index is -0.697. The van der Waals surface area contributed by atoms with Crippen LogP contribution in [0.5, 0.6) is 0 Å². The second-order valence-corrected chi connectivity index (χ2v) is 6.23. The van der Waals surface area contributed by atoms with Gasteiger partial charge in [-0.25, -0.2) is 0 Å². The Morgan fingerprint density at radius 1 is 1.20 bits per heavy atom. The zero-order chi connectivity index (χ0) is 15.5. The molecule has 1 aromatic rings. The van der Waals surface area contributed by atoms with E-state index in [1.54, 1.807) is 26.8 Å². The number of halogens is 3. The first-order chi connectivity index (χ1) is 9.16. The highest BCUT2D eigenvalue weighted by Crippen LogP contribution is 2.32. The molecule has 106 valence electrons. The summed E-state index contributed by atoms with van der Waals surface area (Å²) in [5.41, 5.74) is 1.98. The Labute approximate surface area is 132 Å². The highest BCUT2D eigenvalue weighted by molar-refractivity contribution is 6.47. The number of hydrazone groups is 1. The monoisotopic (exact) mass is 331 g/mol. The molecule has 1 aromatic carbocycles. The summed E-state index contributed by atoms with van der Waals surface area (Å²) in [4.78, 5) is 11.9. The molecule has 0 spiro atoms. The van der Waals surface area contributed by atoms with Gasteiger partial charge in [-0.05, 0) is 12.1 Å². The van der Waals surface area contributed by atoms with Gasteiger partial charge in [0.1, 0.15) is 6.07 Å². The summed E-state index contributed by atoms with van der Waals surface area (Å²) in [6, 6.07) is 4.67. The van der Waals surface area contributed by atoms with E-state index in [-0.39, 0.29) is 21.5 Å². The van der Waals surface area contributed by atoms with Crippen molar-refractivity contribution in [2.45, 2.75) is 20.8 Å². The summed E-state index contributed by atoms with van der Waals surface area (Å²) < 4.78 is 0. The molecule has 0 saturated carbocycles. The van der Waals surface area contributed by atoms with Gasteiger partial charge in [0.15, 0.2) is 5.78 Å². The summed E-state index contributed by atoms with van der Waals surface area (Å²) in [6.07, 6.45) is 0. The fourth-order valence-corrected chi connectivity index (χ4v) is 1.80. The predicted molar refractivity (Wildman–Crippen MR) is 82.6 cm³/mol. The zero-order valence-electron chi connectivity index (χ0n) is 11.1. The molecule has 0 saturated heterocycles. The molecule has 20 heavy (non-hydrogen) atoms. The van der Waals surface area contributed by atoms with E-state index in [0.717, 1.165) is 0 Å². The fraction of sp³-hybridized carbons (Fsp3) is 0.308. The Morgan fingerprint density at radius 2 is 1.75 bits per heavy atom. The maximum absolute atomic E-state index is 11.9. The minimum absolute atomic E-state index is 0.236. The van der Waals surface area contributed by atoms with Crippen LogP contribution >= 0.6 is 34.8 Å². The van der Waals surface area contributed by atoms with Crippen molar-refractivity contribution < 1.29 is 4.79 Å². The molecule has 1 N–H and O–H groups in total. The van der Waals surface area contributed by atoms with Crippen LogP contribution < -0.4 is 5.43 Å². The lowest BCUT2D eigenvalue weighted by Crippen LogP contribution is -2.28. The van der Waals surface area contributed by atoms with Crippen molar-refractivity contribution in [1.82, 2.24) is 0 Å². The molecule has 0 radical (unpaired) electrons. The van der Waals surface area contributed by atoms with E-state index in [1.165, 1.54) is 12.1 Å². The Balaban J connectivity index is 3.05. The average molecular weight is 333 g/mol. The number of nitrogens with zero attached hydrogens (tertiary/aromatic N) is 2. The Morgan fingerprint density at radius 3 is 2.25 bits per heavy atom. The first-order valence-electron chi connectivity index (χ1n) is 5.60. The van der Waals surface area contributed by atoms with Crippen molar-refractivity contribution in [3.63, 3.8) is 0 Å². The van der Waals surface area contributed by atoms with Crippen LogP contribution in [0.15, 0.2) is 17.2 Å². The summed E-state index contributed by atoms with van der Waals surface area (Å²) in [5, 5.41) is 13.6. The van der Waals surface area contributed by atoms with Gasteiger partial charge < -0.3 is 0 Å². The van der Waals surface area contributed by atoms with Gasteiger partial charge in [0, 0.05) is 5.41 Å². The normalized spacial score (nSPS) is 11.9. The van der Waals surface area contributed by atoms with Gasteiger partial charge in [-0.3, -0.25) is 10.2 Å². The van der Waals surface area contributed by atoms with Crippen molar-refractivity contribution in [3.05, 3.63) is 27.2 Å². The lowest BCUT2D eigenvalue weighted by molar-refractivity contribution is -0.119. The van der Waals surface area contributed by atoms with Crippen molar-refractivity contribution in [2.75, 3.05) is 5.43 Å². The molecule has 0 heterocycles. The molecule has 1 rings (SSSR count). The summed E-state index contributed by atoms with van der Waals surface area (Å²) >= 11 is 17.6. The molecule has 4 nitrogen and oxygen atoms in total. The lowest BCUT2D eigenvalue weighted by Gasteiger charge is -2.14. The molecule has 0 unspecified atom stereocenters. The number of benzene rings is 1. The minimum Gasteiger partial charge on any atom is -0.291 e. The second-order valence-electron chi connectivity index (χ2n) is 5.01. The fourth-order valence-electron chi connectivity index (χ4n) is 1.21. The van der Waals surface area contributed by atoms with Crippen molar-refractivity contribution in [1.29, 1.82) is 5.26 Å². The van der Waals surface area contributed by atoms with Crippen LogP contribution in [0.25, 0.3) is 0 Å². The Kier molecular flexibility index (Phi) is 5.41. The quantitative estimate of drug-likeness (QED) is 0.501. The number of hydrogen-bond acceptors (Lipinski definition) is 4. The number of nitrogens with one attached hydrogen (secondary N) is 1. The molecule has 0 aliphatic heterocycles. The zero-order valence-corrected chi connectivity index (χ0v) is 13.4. The van der Waals surface area contributed by atoms with Crippen LogP contribution in [0.1, 0.15) is 20.8 Å². The molecule has 0 aliphatic carbocycles. The van der Waals surface area contributed by atoms with Crippen LogP contribution in [0, 0.1) is 16.7 Å². The summed E-state index contributed by atoms with van der Waals surface area (Å²) in [5.74, 6) is -0.372. The van der Waals surface area contributed by atoms with E-state index in [0.29, 0.717) is 10.7 Å². The van der Waals surface area contributed by atoms with E-state index in [2.05, 4.69) is 10.5 Å². The van der Waals surface area contributed by atoms with Crippen molar-refractivity contribution in [2.24, 2.45) is 10.5 Å². The molecule has 0 fully saturated rings. The van der Waals surface area contributed by atoms with Gasteiger partial charge in [0.2, 0.25) is 5.71 Å². The predicted octanol–water partition coefficient (Wildman–Crippen LogP) is 4.55. The van der Waals surface area contributed by atoms with Gasteiger partial charge in [-0.15, -0.1) is 0 Å². The highest BCUT2D eigenvalue weighted by atomic mass is 35.5. The Hall–Kier alpha value is -1.28. The number of carbonyl (C=O) groups excluding carboxylic acids is 1. The number of rotatable bonds is 3. The first-order valence-corrected chi connectivity index (χ1v) is 6.73. The third-order valence-electron chi connectivity index (χ3n) is 2.30. The van der Waals surface area contributed by atoms with Gasteiger partial charge in [-0.1, -0.05) is 55.6 Å². The SMILES string of the molecule is CC(C)(C)C(=O)C(C#N)=NNc1cc(Cl)c(Cl)cc1Cl. The lowest BCUT2D eigenvalue weighted by atomic mass is 9.88. The summed E-state index contributed by atoms with van der Waals surface area (Å²) in [7, 11) is 0. The highest BCUT2D eigenvalue weighted by Gasteiger charge is 2.26. The first kappa shape index (κ1) is 16.8. The van der Waals surface area contributed by atoms with Crippen LogP contribution in [-0.4, -0.2) is 11.5 Å². The van der Waals surface area contributed by atoms with Crippen molar-refractivity contribution >= 4 is 52.0 Å². The molecule has 0 aromatic heterocycles. The largest absolute Gasteiger partial charge is 0.291 e. The van der Waals surface area contributed by atoms with Gasteiger partial charge in [-0.2, -0.15) is 10.4 Å². The topological polar surface area (TPSA) is 65.2 Å². The molecule has 0 bridgehead atoms. The van der Waals surface area contributed by atoms with E-state index in [9.17, 15) is 4.79 Å². The molecule has 0 amide bonds.